The van der Waals surface area contributed by atoms with Gasteiger partial charge in [0, 0.05) is 4.88 Å². The van der Waals surface area contributed by atoms with Gasteiger partial charge >= 0.3 is 0 Å². The van der Waals surface area contributed by atoms with Crippen LogP contribution in [-0.4, -0.2) is 5.88 Å². The van der Waals surface area contributed by atoms with E-state index in [-0.39, 0.29) is 0 Å². The zero-order valence-corrected chi connectivity index (χ0v) is 9.61. The quantitative estimate of drug-likeness (QED) is 0.515. The third-order valence-corrected chi connectivity index (χ3v) is 3.13. The van der Waals surface area contributed by atoms with E-state index in [1.807, 2.05) is 24.3 Å². The molecule has 0 aliphatic rings. The minimum Gasteiger partial charge on any atom is -0.127 e. The van der Waals surface area contributed by atoms with Crippen molar-refractivity contribution < 1.29 is 0 Å². The SMILES string of the molecule is ClCC#Cc1ccc(-c2ccccc2)s1. The first-order valence-corrected chi connectivity index (χ1v) is 5.95. The van der Waals surface area contributed by atoms with Crippen molar-refractivity contribution >= 4 is 22.9 Å². The van der Waals surface area contributed by atoms with E-state index in [2.05, 4.69) is 30.0 Å². The van der Waals surface area contributed by atoms with Crippen LogP contribution in [0.25, 0.3) is 10.4 Å². The van der Waals surface area contributed by atoms with Crippen molar-refractivity contribution in [2.24, 2.45) is 0 Å². The van der Waals surface area contributed by atoms with Gasteiger partial charge in [-0.2, -0.15) is 0 Å². The zero-order chi connectivity index (χ0) is 10.5. The first-order valence-electron chi connectivity index (χ1n) is 4.60. The Morgan fingerprint density at radius 2 is 1.87 bits per heavy atom. The summed E-state index contributed by atoms with van der Waals surface area (Å²) in [6.45, 7) is 0. The second kappa shape index (κ2) is 5.02. The van der Waals surface area contributed by atoms with Crippen LogP contribution in [-0.2, 0) is 0 Å². The Bertz CT molecular complexity index is 488. The van der Waals surface area contributed by atoms with Crippen molar-refractivity contribution in [3.8, 4) is 22.3 Å². The highest BCUT2D eigenvalue weighted by molar-refractivity contribution is 7.16. The summed E-state index contributed by atoms with van der Waals surface area (Å²) in [5.74, 6) is 6.26. The van der Waals surface area contributed by atoms with Crippen LogP contribution in [0.3, 0.4) is 0 Å². The molecule has 0 radical (unpaired) electrons. The highest BCUT2D eigenvalue weighted by Gasteiger charge is 1.99. The molecule has 2 heteroatoms. The molecule has 0 spiro atoms. The Kier molecular flexibility index (Phi) is 3.45. The van der Waals surface area contributed by atoms with Gasteiger partial charge in [0.05, 0.1) is 10.8 Å². The van der Waals surface area contributed by atoms with Crippen molar-refractivity contribution in [3.05, 3.63) is 47.3 Å². The van der Waals surface area contributed by atoms with E-state index in [1.165, 1.54) is 10.4 Å². The number of hydrogen-bond donors (Lipinski definition) is 0. The lowest BCUT2D eigenvalue weighted by molar-refractivity contribution is 1.70. The Balaban J connectivity index is 2.28. The summed E-state index contributed by atoms with van der Waals surface area (Å²) in [7, 11) is 0. The summed E-state index contributed by atoms with van der Waals surface area (Å²) in [6.07, 6.45) is 0. The molecule has 0 atom stereocenters. The van der Waals surface area contributed by atoms with Gasteiger partial charge in [-0.15, -0.1) is 22.9 Å². The normalized spacial score (nSPS) is 9.40. The van der Waals surface area contributed by atoms with Gasteiger partial charge in [-0.05, 0) is 17.7 Å². The average molecular weight is 233 g/mol. The molecule has 1 aromatic heterocycles. The van der Waals surface area contributed by atoms with Crippen molar-refractivity contribution in [1.29, 1.82) is 0 Å². The van der Waals surface area contributed by atoms with Gasteiger partial charge in [-0.25, -0.2) is 0 Å². The molecular formula is C13H9ClS. The first-order chi connectivity index (χ1) is 7.40. The maximum absolute atomic E-state index is 5.51. The minimum absolute atomic E-state index is 0.387. The van der Waals surface area contributed by atoms with E-state index >= 15 is 0 Å². The third-order valence-electron chi connectivity index (χ3n) is 1.94. The molecule has 0 aliphatic carbocycles. The molecule has 15 heavy (non-hydrogen) atoms. The fraction of sp³-hybridized carbons (Fsp3) is 0.0769. The Morgan fingerprint density at radius 3 is 2.60 bits per heavy atom. The standard InChI is InChI=1S/C13H9ClS/c14-10-4-7-12-8-9-13(15-12)11-5-2-1-3-6-11/h1-3,5-6,8-9H,10H2. The lowest BCUT2D eigenvalue weighted by Gasteiger charge is -1.93. The number of rotatable bonds is 1. The van der Waals surface area contributed by atoms with Crippen LogP contribution in [0.4, 0.5) is 0 Å². The molecular weight excluding hydrogens is 224 g/mol. The predicted octanol–water partition coefficient (Wildman–Crippen LogP) is 4.01. The van der Waals surface area contributed by atoms with E-state index in [0.717, 1.165) is 4.88 Å². The van der Waals surface area contributed by atoms with Crippen molar-refractivity contribution in [3.63, 3.8) is 0 Å². The van der Waals surface area contributed by atoms with Crippen molar-refractivity contribution in [2.45, 2.75) is 0 Å². The summed E-state index contributed by atoms with van der Waals surface area (Å²) in [4.78, 5) is 2.31. The molecule has 74 valence electrons. The van der Waals surface area contributed by atoms with Crippen LogP contribution in [0.5, 0.6) is 0 Å². The Morgan fingerprint density at radius 1 is 1.07 bits per heavy atom. The maximum atomic E-state index is 5.51. The molecule has 1 aromatic carbocycles. The molecule has 0 N–H and O–H groups in total. The van der Waals surface area contributed by atoms with Gasteiger partial charge in [0.2, 0.25) is 0 Å². The lowest BCUT2D eigenvalue weighted by Crippen LogP contribution is -1.67. The monoisotopic (exact) mass is 232 g/mol. The van der Waals surface area contributed by atoms with Crippen LogP contribution in [0.15, 0.2) is 42.5 Å². The van der Waals surface area contributed by atoms with E-state index in [0.29, 0.717) is 5.88 Å². The van der Waals surface area contributed by atoms with Crippen molar-refractivity contribution in [2.75, 3.05) is 5.88 Å². The molecule has 0 saturated heterocycles. The summed E-state index contributed by atoms with van der Waals surface area (Å²) in [5.41, 5.74) is 1.24. The van der Waals surface area contributed by atoms with Gasteiger partial charge in [0.15, 0.2) is 0 Å². The summed E-state index contributed by atoms with van der Waals surface area (Å²) >= 11 is 7.20. The number of hydrogen-bond acceptors (Lipinski definition) is 1. The smallest absolute Gasteiger partial charge is 0.0839 e. The van der Waals surface area contributed by atoms with Gasteiger partial charge in [0.25, 0.3) is 0 Å². The zero-order valence-electron chi connectivity index (χ0n) is 8.03. The second-order valence-corrected chi connectivity index (χ2v) is 4.32. The van der Waals surface area contributed by atoms with Crippen LogP contribution in [0.1, 0.15) is 4.88 Å². The Labute approximate surface area is 98.5 Å². The maximum Gasteiger partial charge on any atom is 0.0839 e. The molecule has 0 nitrogen and oxygen atoms in total. The highest BCUT2D eigenvalue weighted by atomic mass is 35.5. The minimum atomic E-state index is 0.387. The summed E-state index contributed by atoms with van der Waals surface area (Å²) in [5, 5.41) is 0. The molecule has 2 aromatic rings. The van der Waals surface area contributed by atoms with Gasteiger partial charge in [-0.1, -0.05) is 42.2 Å². The molecule has 0 amide bonds. The first kappa shape index (κ1) is 10.3. The largest absolute Gasteiger partial charge is 0.127 e. The number of alkyl halides is 1. The molecule has 0 unspecified atom stereocenters. The topological polar surface area (TPSA) is 0 Å². The van der Waals surface area contributed by atoms with Gasteiger partial charge in [0.1, 0.15) is 0 Å². The fourth-order valence-electron chi connectivity index (χ4n) is 1.28. The van der Waals surface area contributed by atoms with E-state index < -0.39 is 0 Å². The summed E-state index contributed by atoms with van der Waals surface area (Å²) < 4.78 is 0. The highest BCUT2D eigenvalue weighted by Crippen LogP contribution is 2.27. The van der Waals surface area contributed by atoms with Crippen LogP contribution >= 0.6 is 22.9 Å². The predicted molar refractivity (Wildman–Crippen MR) is 67.4 cm³/mol. The van der Waals surface area contributed by atoms with Crippen LogP contribution < -0.4 is 0 Å². The molecule has 0 saturated carbocycles. The molecule has 0 aliphatic heterocycles. The van der Waals surface area contributed by atoms with Gasteiger partial charge < -0.3 is 0 Å². The average Bonchev–Trinajstić information content (AvgIpc) is 2.76. The van der Waals surface area contributed by atoms with E-state index in [4.69, 9.17) is 11.6 Å². The molecule has 2 rings (SSSR count). The second-order valence-electron chi connectivity index (χ2n) is 2.97. The van der Waals surface area contributed by atoms with Gasteiger partial charge in [-0.3, -0.25) is 0 Å². The number of thiophene rings is 1. The lowest BCUT2D eigenvalue weighted by atomic mass is 10.2. The number of halogens is 1. The molecule has 0 fully saturated rings. The van der Waals surface area contributed by atoms with E-state index in [9.17, 15) is 0 Å². The molecule has 1 heterocycles. The third kappa shape index (κ3) is 2.62. The summed E-state index contributed by atoms with van der Waals surface area (Å²) in [6, 6.07) is 14.4. The number of benzene rings is 1. The Hall–Kier alpha value is -1.23. The van der Waals surface area contributed by atoms with Crippen LogP contribution in [0.2, 0.25) is 0 Å². The van der Waals surface area contributed by atoms with Crippen LogP contribution in [0, 0.1) is 11.8 Å². The fourth-order valence-corrected chi connectivity index (χ4v) is 2.24. The van der Waals surface area contributed by atoms with E-state index in [1.54, 1.807) is 11.3 Å². The van der Waals surface area contributed by atoms with Crippen molar-refractivity contribution in [1.82, 2.24) is 0 Å². The molecule has 0 bridgehead atoms.